The first kappa shape index (κ1) is 19.7. The van der Waals surface area contributed by atoms with Crippen molar-refractivity contribution < 1.29 is 22.7 Å². The van der Waals surface area contributed by atoms with Crippen molar-refractivity contribution in [3.8, 4) is 0 Å². The number of carbonyl (C=O) groups is 1. The Kier molecular flexibility index (Phi) is 5.18. The Balaban J connectivity index is 1.57. The fourth-order valence-electron chi connectivity index (χ4n) is 3.19. The van der Waals surface area contributed by atoms with E-state index < -0.39 is 17.6 Å². The first-order valence-corrected chi connectivity index (χ1v) is 9.86. The molecule has 29 heavy (non-hydrogen) atoms. The predicted octanol–water partition coefficient (Wildman–Crippen LogP) is 4.41. The lowest BCUT2D eigenvalue weighted by Crippen LogP contribution is -2.35. The molecule has 5 nitrogen and oxygen atoms in total. The van der Waals surface area contributed by atoms with E-state index in [1.807, 2.05) is 12.1 Å². The van der Waals surface area contributed by atoms with Crippen molar-refractivity contribution in [2.24, 2.45) is 5.10 Å². The summed E-state index contributed by atoms with van der Waals surface area (Å²) in [5.74, 6) is -0.442. The zero-order valence-corrected chi connectivity index (χ0v) is 16.4. The molecule has 0 saturated carbocycles. The van der Waals surface area contributed by atoms with E-state index in [0.29, 0.717) is 24.5 Å². The quantitative estimate of drug-likeness (QED) is 0.690. The minimum Gasteiger partial charge on any atom is -0.378 e. The highest BCUT2D eigenvalue weighted by Gasteiger charge is 2.33. The van der Waals surface area contributed by atoms with Gasteiger partial charge in [0.15, 0.2) is 0 Å². The van der Waals surface area contributed by atoms with Crippen LogP contribution in [0.15, 0.2) is 47.1 Å². The van der Waals surface area contributed by atoms with Crippen molar-refractivity contribution in [1.29, 1.82) is 0 Å². The lowest BCUT2D eigenvalue weighted by atomic mass is 10.1. The van der Waals surface area contributed by atoms with Crippen molar-refractivity contribution in [1.82, 2.24) is 0 Å². The first-order chi connectivity index (χ1) is 13.8. The van der Waals surface area contributed by atoms with Crippen LogP contribution in [-0.4, -0.2) is 37.9 Å². The monoisotopic (exact) mass is 421 g/mol. The minimum atomic E-state index is -4.48. The maximum atomic E-state index is 13.0. The number of hydrogen-bond acceptors (Lipinski definition) is 5. The molecule has 2 aliphatic heterocycles. The van der Waals surface area contributed by atoms with E-state index in [-0.39, 0.29) is 5.69 Å². The Hall–Kier alpha value is -2.65. The van der Waals surface area contributed by atoms with Gasteiger partial charge in [0.1, 0.15) is 0 Å². The predicted molar refractivity (Wildman–Crippen MR) is 107 cm³/mol. The van der Waals surface area contributed by atoms with Gasteiger partial charge in [-0.3, -0.25) is 4.79 Å². The van der Waals surface area contributed by atoms with E-state index in [1.165, 1.54) is 12.1 Å². The molecule has 0 unspecified atom stereocenters. The Bertz CT molecular complexity index is 991. The van der Waals surface area contributed by atoms with Crippen LogP contribution >= 0.6 is 11.3 Å². The molecular weight excluding hydrogens is 403 g/mol. The molecule has 152 valence electrons. The molecule has 1 aromatic carbocycles. The molecule has 0 spiro atoms. The highest BCUT2D eigenvalue weighted by atomic mass is 32.1. The van der Waals surface area contributed by atoms with Crippen molar-refractivity contribution in [3.05, 3.63) is 52.4 Å². The third-order valence-corrected chi connectivity index (χ3v) is 5.80. The number of alkyl halides is 3. The molecule has 0 atom stereocenters. The zero-order valence-electron chi connectivity index (χ0n) is 15.6. The number of amides is 1. The number of nitrogens with zero attached hydrogens (tertiary/aromatic N) is 3. The molecule has 0 radical (unpaired) electrons. The third kappa shape index (κ3) is 4.06. The van der Waals surface area contributed by atoms with Crippen LogP contribution in [0.3, 0.4) is 0 Å². The topological polar surface area (TPSA) is 45.1 Å². The maximum Gasteiger partial charge on any atom is 0.416 e. The molecule has 9 heteroatoms. The van der Waals surface area contributed by atoms with E-state index in [4.69, 9.17) is 4.74 Å². The lowest BCUT2D eigenvalue weighted by molar-refractivity contribution is -0.137. The SMILES string of the molecule is CC1=NN(c2cccc(C(F)(F)F)c2)C(=O)C1=Cc1ccc(N2CCOCC2)s1. The number of ether oxygens (including phenoxy) is 1. The second-order valence-corrected chi connectivity index (χ2v) is 7.78. The van der Waals surface area contributed by atoms with Crippen LogP contribution in [0.1, 0.15) is 17.4 Å². The lowest BCUT2D eigenvalue weighted by Gasteiger charge is -2.27. The Morgan fingerprint density at radius 2 is 1.93 bits per heavy atom. The van der Waals surface area contributed by atoms with Crippen molar-refractivity contribution in [2.45, 2.75) is 13.1 Å². The molecule has 1 saturated heterocycles. The first-order valence-electron chi connectivity index (χ1n) is 9.04. The van der Waals surface area contributed by atoms with Gasteiger partial charge in [-0.25, -0.2) is 0 Å². The molecule has 3 heterocycles. The summed E-state index contributed by atoms with van der Waals surface area (Å²) in [6, 6.07) is 8.53. The average molecular weight is 421 g/mol. The smallest absolute Gasteiger partial charge is 0.378 e. The highest BCUT2D eigenvalue weighted by molar-refractivity contribution is 7.17. The fraction of sp³-hybridized carbons (Fsp3) is 0.300. The number of morpholine rings is 1. The summed E-state index contributed by atoms with van der Waals surface area (Å²) in [6.45, 7) is 4.68. The van der Waals surface area contributed by atoms with Gasteiger partial charge in [0, 0.05) is 18.0 Å². The maximum absolute atomic E-state index is 13.0. The molecule has 1 amide bonds. The van der Waals surface area contributed by atoms with Crippen LogP contribution < -0.4 is 9.91 Å². The van der Waals surface area contributed by atoms with Gasteiger partial charge in [-0.05, 0) is 43.3 Å². The van der Waals surface area contributed by atoms with Gasteiger partial charge < -0.3 is 9.64 Å². The third-order valence-electron chi connectivity index (χ3n) is 4.70. The van der Waals surface area contributed by atoms with Crippen molar-refractivity contribution in [2.75, 3.05) is 36.2 Å². The van der Waals surface area contributed by atoms with Crippen LogP contribution in [0, 0.1) is 0 Å². The molecule has 1 aromatic heterocycles. The summed E-state index contributed by atoms with van der Waals surface area (Å²) in [7, 11) is 0. The number of rotatable bonds is 3. The summed E-state index contributed by atoms with van der Waals surface area (Å²) >= 11 is 1.55. The van der Waals surface area contributed by atoms with E-state index in [1.54, 1.807) is 24.3 Å². The standard InChI is InChI=1S/C20H18F3N3O2S/c1-13-17(12-16-5-6-18(29-16)25-7-9-28-10-8-25)19(27)26(24-13)15-4-2-3-14(11-15)20(21,22)23/h2-6,11-12H,7-10H2,1H3. The molecule has 0 bridgehead atoms. The Morgan fingerprint density at radius 1 is 1.17 bits per heavy atom. The van der Waals surface area contributed by atoms with Crippen LogP contribution in [0.25, 0.3) is 6.08 Å². The van der Waals surface area contributed by atoms with E-state index >= 15 is 0 Å². The van der Waals surface area contributed by atoms with Gasteiger partial charge in [-0.1, -0.05) is 6.07 Å². The minimum absolute atomic E-state index is 0.0905. The Morgan fingerprint density at radius 3 is 2.66 bits per heavy atom. The Labute approximate surface area is 169 Å². The number of hydrazone groups is 1. The van der Waals surface area contributed by atoms with Crippen LogP contribution in [0.2, 0.25) is 0 Å². The van der Waals surface area contributed by atoms with E-state index in [0.717, 1.165) is 40.1 Å². The fourth-order valence-corrected chi connectivity index (χ4v) is 4.19. The zero-order chi connectivity index (χ0) is 20.6. The van der Waals surface area contributed by atoms with Gasteiger partial charge in [-0.15, -0.1) is 11.3 Å². The number of hydrogen-bond donors (Lipinski definition) is 0. The van der Waals surface area contributed by atoms with E-state index in [2.05, 4.69) is 10.0 Å². The second-order valence-electron chi connectivity index (χ2n) is 6.68. The number of thiophene rings is 1. The van der Waals surface area contributed by atoms with Gasteiger partial charge in [0.05, 0.1) is 40.8 Å². The van der Waals surface area contributed by atoms with Crippen LogP contribution in [-0.2, 0) is 15.7 Å². The number of halogens is 3. The largest absolute Gasteiger partial charge is 0.416 e. The number of carbonyl (C=O) groups excluding carboxylic acids is 1. The molecule has 4 rings (SSSR count). The molecule has 0 aliphatic carbocycles. The van der Waals surface area contributed by atoms with Gasteiger partial charge in [-0.2, -0.15) is 23.3 Å². The number of benzene rings is 1. The van der Waals surface area contributed by atoms with Gasteiger partial charge in [0.2, 0.25) is 0 Å². The molecule has 2 aliphatic rings. The van der Waals surface area contributed by atoms with Crippen molar-refractivity contribution in [3.63, 3.8) is 0 Å². The average Bonchev–Trinajstić information content (AvgIpc) is 3.28. The summed E-state index contributed by atoms with van der Waals surface area (Å²) in [4.78, 5) is 15.9. The summed E-state index contributed by atoms with van der Waals surface area (Å²) in [5.41, 5.74) is 0.112. The van der Waals surface area contributed by atoms with Crippen molar-refractivity contribution >= 4 is 39.7 Å². The van der Waals surface area contributed by atoms with Crippen LogP contribution in [0.5, 0.6) is 0 Å². The second kappa shape index (κ2) is 7.64. The van der Waals surface area contributed by atoms with Gasteiger partial charge in [0.25, 0.3) is 5.91 Å². The summed E-state index contributed by atoms with van der Waals surface area (Å²) < 4.78 is 44.3. The molecule has 1 fully saturated rings. The summed E-state index contributed by atoms with van der Waals surface area (Å²) in [5, 5.41) is 6.29. The number of anilines is 2. The van der Waals surface area contributed by atoms with Crippen LogP contribution in [0.4, 0.5) is 23.9 Å². The van der Waals surface area contributed by atoms with Gasteiger partial charge >= 0.3 is 6.18 Å². The highest BCUT2D eigenvalue weighted by Crippen LogP contribution is 2.34. The molecular formula is C20H18F3N3O2S. The molecule has 2 aromatic rings. The summed E-state index contributed by atoms with van der Waals surface area (Å²) in [6.07, 6.45) is -2.74. The normalized spacial score (nSPS) is 19.2. The van der Waals surface area contributed by atoms with E-state index in [9.17, 15) is 18.0 Å². The molecule has 0 N–H and O–H groups in total.